The first kappa shape index (κ1) is 19.6. The minimum absolute atomic E-state index is 0.104. The Hall–Kier alpha value is -3.12. The molecule has 144 valence electrons. The van der Waals surface area contributed by atoms with Crippen LogP contribution in [-0.2, 0) is 11.0 Å². The summed E-state index contributed by atoms with van der Waals surface area (Å²) in [6.45, 7) is 0. The number of aliphatic hydroxyl groups excluding tert-OH is 1. The van der Waals surface area contributed by atoms with Crippen LogP contribution in [0.15, 0.2) is 78.9 Å². The Morgan fingerprint density at radius 2 is 1.25 bits per heavy atom. The van der Waals surface area contributed by atoms with Gasteiger partial charge in [0.15, 0.2) is 0 Å². The van der Waals surface area contributed by atoms with Crippen LogP contribution in [0.2, 0.25) is 0 Å². The number of hydrogen-bond acceptors (Lipinski definition) is 2. The summed E-state index contributed by atoms with van der Waals surface area (Å²) in [4.78, 5) is 11.8. The van der Waals surface area contributed by atoms with Crippen LogP contribution in [0.3, 0.4) is 0 Å². The average molecular weight is 386 g/mol. The van der Waals surface area contributed by atoms with Crippen LogP contribution in [-0.4, -0.2) is 16.2 Å². The van der Waals surface area contributed by atoms with Crippen LogP contribution in [0.5, 0.6) is 0 Å². The van der Waals surface area contributed by atoms with E-state index in [9.17, 15) is 28.2 Å². The molecule has 0 aliphatic heterocycles. The Bertz CT molecular complexity index is 934. The smallest absolute Gasteiger partial charge is 0.416 e. The average Bonchev–Trinajstić information content (AvgIpc) is 2.68. The Kier molecular flexibility index (Phi) is 5.51. The zero-order chi connectivity index (χ0) is 20.3. The zero-order valence-corrected chi connectivity index (χ0v) is 14.6. The summed E-state index contributed by atoms with van der Waals surface area (Å²) in [6.07, 6.45) is -5.98. The van der Waals surface area contributed by atoms with Crippen molar-refractivity contribution in [2.45, 2.75) is 18.2 Å². The fourth-order valence-electron chi connectivity index (χ4n) is 3.04. The van der Waals surface area contributed by atoms with Gasteiger partial charge in [-0.05, 0) is 34.4 Å². The lowest BCUT2D eigenvalue weighted by Gasteiger charge is -2.21. The van der Waals surface area contributed by atoms with E-state index < -0.39 is 29.7 Å². The molecule has 0 radical (unpaired) electrons. The number of carbonyl (C=O) groups is 1. The molecule has 0 aromatic heterocycles. The van der Waals surface area contributed by atoms with Gasteiger partial charge in [-0.25, -0.2) is 0 Å². The monoisotopic (exact) mass is 386 g/mol. The van der Waals surface area contributed by atoms with Crippen molar-refractivity contribution in [3.05, 3.63) is 95.6 Å². The number of halogens is 3. The van der Waals surface area contributed by atoms with Crippen LogP contribution >= 0.6 is 0 Å². The summed E-state index contributed by atoms with van der Waals surface area (Å²) in [5.41, 5.74) is 1.45. The van der Waals surface area contributed by atoms with E-state index in [1.54, 1.807) is 24.3 Å². The number of carboxylic acids is 1. The van der Waals surface area contributed by atoms with E-state index in [1.165, 1.54) is 0 Å². The number of rotatable bonds is 5. The lowest BCUT2D eigenvalue weighted by molar-refractivity contribution is -0.142. The van der Waals surface area contributed by atoms with E-state index in [1.807, 2.05) is 30.3 Å². The van der Waals surface area contributed by atoms with Gasteiger partial charge < -0.3 is 10.2 Å². The second kappa shape index (κ2) is 7.86. The SMILES string of the molecule is O=C(O)[C@@H](c1ccc(-c2ccccc2)cc1)[C@H](O)c1ccc(C(F)(F)F)cc1. The van der Waals surface area contributed by atoms with Crippen LogP contribution in [0, 0.1) is 0 Å². The summed E-state index contributed by atoms with van der Waals surface area (Å²) in [6, 6.07) is 20.1. The standard InChI is InChI=1S/C22H17F3O3/c23-22(24,25)18-12-10-17(11-13-18)20(26)19(21(27)28)16-8-6-15(7-9-16)14-4-2-1-3-5-14/h1-13,19-20,26H,(H,27,28)/t19-,20+/m0/s1. The van der Waals surface area contributed by atoms with E-state index in [4.69, 9.17) is 0 Å². The zero-order valence-electron chi connectivity index (χ0n) is 14.6. The first-order valence-corrected chi connectivity index (χ1v) is 8.51. The van der Waals surface area contributed by atoms with E-state index in [-0.39, 0.29) is 5.56 Å². The minimum Gasteiger partial charge on any atom is -0.481 e. The fourth-order valence-corrected chi connectivity index (χ4v) is 3.04. The Morgan fingerprint density at radius 3 is 1.75 bits per heavy atom. The van der Waals surface area contributed by atoms with Gasteiger partial charge in [0, 0.05) is 0 Å². The van der Waals surface area contributed by atoms with Gasteiger partial charge in [0.05, 0.1) is 11.7 Å². The Morgan fingerprint density at radius 1 is 0.750 bits per heavy atom. The Labute approximate surface area is 159 Å². The van der Waals surface area contributed by atoms with Gasteiger partial charge >= 0.3 is 12.1 Å². The Balaban J connectivity index is 1.88. The molecule has 0 bridgehead atoms. The van der Waals surface area contributed by atoms with Crippen molar-refractivity contribution in [3.63, 3.8) is 0 Å². The number of alkyl halides is 3. The molecule has 2 N–H and O–H groups in total. The molecule has 0 aliphatic carbocycles. The van der Waals surface area contributed by atoms with Gasteiger partial charge in [-0.3, -0.25) is 4.79 Å². The molecule has 3 nitrogen and oxygen atoms in total. The van der Waals surface area contributed by atoms with Crippen molar-refractivity contribution >= 4 is 5.97 Å². The van der Waals surface area contributed by atoms with Gasteiger partial charge in [0.1, 0.15) is 5.92 Å². The summed E-state index contributed by atoms with van der Waals surface area (Å²) in [5.74, 6) is -2.57. The van der Waals surface area contributed by atoms with Crippen molar-refractivity contribution in [2.75, 3.05) is 0 Å². The van der Waals surface area contributed by atoms with Gasteiger partial charge in [-0.2, -0.15) is 13.2 Å². The largest absolute Gasteiger partial charge is 0.481 e. The maximum atomic E-state index is 12.7. The van der Waals surface area contributed by atoms with Crippen molar-refractivity contribution in [3.8, 4) is 11.1 Å². The summed E-state index contributed by atoms with van der Waals surface area (Å²) in [5, 5.41) is 20.1. The summed E-state index contributed by atoms with van der Waals surface area (Å²) >= 11 is 0. The molecule has 3 aromatic carbocycles. The maximum absolute atomic E-state index is 12.7. The highest BCUT2D eigenvalue weighted by molar-refractivity contribution is 5.78. The predicted molar refractivity (Wildman–Crippen MR) is 98.7 cm³/mol. The predicted octanol–water partition coefficient (Wildman–Crippen LogP) is 5.27. The maximum Gasteiger partial charge on any atom is 0.416 e. The molecule has 0 unspecified atom stereocenters. The van der Waals surface area contributed by atoms with Crippen molar-refractivity contribution in [1.29, 1.82) is 0 Å². The van der Waals surface area contributed by atoms with E-state index in [2.05, 4.69) is 0 Å². The van der Waals surface area contributed by atoms with E-state index >= 15 is 0 Å². The van der Waals surface area contributed by atoms with Crippen LogP contribution in [0.4, 0.5) is 13.2 Å². The third kappa shape index (κ3) is 4.23. The number of aliphatic carboxylic acids is 1. The van der Waals surface area contributed by atoms with Gasteiger partial charge in [0.2, 0.25) is 0 Å². The van der Waals surface area contributed by atoms with E-state index in [0.717, 1.165) is 35.4 Å². The number of carboxylic acid groups (broad SMARTS) is 1. The second-order valence-corrected chi connectivity index (χ2v) is 6.37. The van der Waals surface area contributed by atoms with Crippen LogP contribution < -0.4 is 0 Å². The number of benzene rings is 3. The van der Waals surface area contributed by atoms with Crippen LogP contribution in [0.1, 0.15) is 28.7 Å². The van der Waals surface area contributed by atoms with Gasteiger partial charge in [0.25, 0.3) is 0 Å². The second-order valence-electron chi connectivity index (χ2n) is 6.37. The molecule has 0 amide bonds. The molecule has 3 aromatic rings. The molecular formula is C22H17F3O3. The normalized spacial score (nSPS) is 13.7. The number of aliphatic hydroxyl groups is 1. The minimum atomic E-state index is -4.50. The first-order valence-electron chi connectivity index (χ1n) is 8.51. The highest BCUT2D eigenvalue weighted by Gasteiger charge is 2.32. The molecule has 3 rings (SSSR count). The molecule has 6 heteroatoms. The molecule has 0 saturated heterocycles. The first-order chi connectivity index (χ1) is 13.3. The highest BCUT2D eigenvalue weighted by Crippen LogP contribution is 2.35. The molecule has 0 fully saturated rings. The molecular weight excluding hydrogens is 369 g/mol. The molecule has 0 saturated carbocycles. The lowest BCUT2D eigenvalue weighted by atomic mass is 9.88. The molecule has 28 heavy (non-hydrogen) atoms. The fraction of sp³-hybridized carbons (Fsp3) is 0.136. The molecule has 2 atom stereocenters. The van der Waals surface area contributed by atoms with Crippen LogP contribution in [0.25, 0.3) is 11.1 Å². The molecule has 0 aliphatic rings. The molecule has 0 heterocycles. The summed E-state index contributed by atoms with van der Waals surface area (Å²) in [7, 11) is 0. The summed E-state index contributed by atoms with van der Waals surface area (Å²) < 4.78 is 38.1. The number of hydrogen-bond donors (Lipinski definition) is 2. The van der Waals surface area contributed by atoms with Crippen molar-refractivity contribution in [1.82, 2.24) is 0 Å². The third-order valence-corrected chi connectivity index (χ3v) is 4.54. The quantitative estimate of drug-likeness (QED) is 0.628. The molecule has 0 spiro atoms. The van der Waals surface area contributed by atoms with Crippen molar-refractivity contribution in [2.24, 2.45) is 0 Å². The van der Waals surface area contributed by atoms with Crippen molar-refractivity contribution < 1.29 is 28.2 Å². The lowest BCUT2D eigenvalue weighted by Crippen LogP contribution is -2.20. The van der Waals surface area contributed by atoms with Gasteiger partial charge in [-0.15, -0.1) is 0 Å². The topological polar surface area (TPSA) is 57.5 Å². The highest BCUT2D eigenvalue weighted by atomic mass is 19.4. The van der Waals surface area contributed by atoms with E-state index in [0.29, 0.717) is 5.56 Å². The van der Waals surface area contributed by atoms with Gasteiger partial charge in [-0.1, -0.05) is 66.7 Å². The third-order valence-electron chi connectivity index (χ3n) is 4.54.